The molecule has 4 aromatic rings. The molecular weight excluding hydrogens is 432 g/mol. The molecule has 0 radical (unpaired) electrons. The van der Waals surface area contributed by atoms with Crippen molar-refractivity contribution < 1.29 is 9.59 Å². The lowest BCUT2D eigenvalue weighted by molar-refractivity contribution is -0.117. The Labute approximate surface area is 197 Å². The first kappa shape index (κ1) is 22.5. The van der Waals surface area contributed by atoms with Gasteiger partial charge in [-0.1, -0.05) is 54.1 Å². The average Bonchev–Trinajstić information content (AvgIpc) is 3.49. The summed E-state index contributed by atoms with van der Waals surface area (Å²) in [5, 5.41) is 4.78. The van der Waals surface area contributed by atoms with Crippen molar-refractivity contribution in [3.05, 3.63) is 88.7 Å². The number of aromatic nitrogens is 2. The molecule has 2 amide bonds. The number of amides is 2. The highest BCUT2D eigenvalue weighted by atomic mass is 32.1. The van der Waals surface area contributed by atoms with Crippen LogP contribution >= 0.6 is 11.3 Å². The van der Waals surface area contributed by atoms with E-state index >= 15 is 0 Å². The van der Waals surface area contributed by atoms with Gasteiger partial charge in [0.05, 0.1) is 10.6 Å². The average molecular weight is 459 g/mol. The number of thiophene rings is 1. The summed E-state index contributed by atoms with van der Waals surface area (Å²) in [7, 11) is 0. The molecule has 0 spiro atoms. The summed E-state index contributed by atoms with van der Waals surface area (Å²) < 4.78 is 1.86. The Balaban J connectivity index is 1.61. The van der Waals surface area contributed by atoms with Crippen LogP contribution in [0.1, 0.15) is 29.1 Å². The van der Waals surface area contributed by atoms with Gasteiger partial charge in [-0.05, 0) is 44.4 Å². The highest BCUT2D eigenvalue weighted by Gasteiger charge is 2.23. The zero-order valence-electron chi connectivity index (χ0n) is 18.9. The van der Waals surface area contributed by atoms with E-state index < -0.39 is 0 Å². The smallest absolute Gasteiger partial charge is 0.264 e. The second-order valence-electron chi connectivity index (χ2n) is 8.07. The number of carbonyl (C=O) groups is 2. The Morgan fingerprint density at radius 3 is 2.39 bits per heavy atom. The lowest BCUT2D eigenvalue weighted by atomic mass is 10.2. The maximum absolute atomic E-state index is 13.0. The summed E-state index contributed by atoms with van der Waals surface area (Å²) in [5.41, 5.74) is 3.74. The number of rotatable bonds is 7. The Morgan fingerprint density at radius 2 is 1.76 bits per heavy atom. The van der Waals surface area contributed by atoms with Crippen molar-refractivity contribution in [1.82, 2.24) is 14.5 Å². The highest BCUT2D eigenvalue weighted by Crippen LogP contribution is 2.24. The van der Waals surface area contributed by atoms with Crippen LogP contribution in [0.2, 0.25) is 0 Å². The van der Waals surface area contributed by atoms with E-state index in [1.54, 1.807) is 11.0 Å². The molecule has 0 bridgehead atoms. The van der Waals surface area contributed by atoms with E-state index in [9.17, 15) is 9.59 Å². The monoisotopic (exact) mass is 458 g/mol. The molecule has 0 saturated heterocycles. The van der Waals surface area contributed by atoms with E-state index in [-0.39, 0.29) is 24.4 Å². The standard InChI is InChI=1S/C26H26N4O2S/c1-18(2)29(25(32)23-10-7-15-33-23)17-24(31)28-26-27-22(20-8-5-4-6-9-20)16-30(26)21-13-11-19(3)12-14-21/h4-16,18H,17H2,1-3H3,(H,27,28,31). The summed E-state index contributed by atoms with van der Waals surface area (Å²) in [6.07, 6.45) is 1.91. The molecule has 33 heavy (non-hydrogen) atoms. The molecule has 0 unspecified atom stereocenters. The predicted molar refractivity (Wildman–Crippen MR) is 133 cm³/mol. The second-order valence-corrected chi connectivity index (χ2v) is 9.02. The Kier molecular flexibility index (Phi) is 6.70. The molecule has 2 heterocycles. The molecule has 0 aliphatic heterocycles. The zero-order chi connectivity index (χ0) is 23.4. The van der Waals surface area contributed by atoms with Crippen LogP contribution in [0, 0.1) is 6.92 Å². The molecule has 1 N–H and O–H groups in total. The second kappa shape index (κ2) is 9.83. The molecule has 168 valence electrons. The number of nitrogens with zero attached hydrogens (tertiary/aromatic N) is 3. The topological polar surface area (TPSA) is 67.2 Å². The molecule has 0 aliphatic carbocycles. The number of hydrogen-bond acceptors (Lipinski definition) is 4. The third kappa shape index (κ3) is 5.21. The molecule has 0 saturated carbocycles. The Hall–Kier alpha value is -3.71. The minimum Gasteiger partial charge on any atom is -0.326 e. The maximum atomic E-state index is 13.0. The first-order valence-corrected chi connectivity index (χ1v) is 11.7. The van der Waals surface area contributed by atoms with Crippen LogP contribution in [0.5, 0.6) is 0 Å². The highest BCUT2D eigenvalue weighted by molar-refractivity contribution is 7.12. The van der Waals surface area contributed by atoms with Crippen LogP contribution < -0.4 is 5.32 Å². The molecule has 0 atom stereocenters. The van der Waals surface area contributed by atoms with E-state index in [0.29, 0.717) is 10.8 Å². The van der Waals surface area contributed by atoms with E-state index in [1.165, 1.54) is 11.3 Å². The van der Waals surface area contributed by atoms with Gasteiger partial charge in [0, 0.05) is 23.5 Å². The summed E-state index contributed by atoms with van der Waals surface area (Å²) in [6, 6.07) is 21.3. The molecule has 7 heteroatoms. The van der Waals surface area contributed by atoms with E-state index in [4.69, 9.17) is 4.98 Å². The van der Waals surface area contributed by atoms with Crippen LogP contribution in [0.3, 0.4) is 0 Å². The fraction of sp³-hybridized carbons (Fsp3) is 0.192. The number of anilines is 1. The van der Waals surface area contributed by atoms with Gasteiger partial charge >= 0.3 is 0 Å². The number of hydrogen-bond donors (Lipinski definition) is 1. The molecule has 2 aromatic heterocycles. The lowest BCUT2D eigenvalue weighted by Crippen LogP contribution is -2.42. The lowest BCUT2D eigenvalue weighted by Gasteiger charge is -2.25. The minimum absolute atomic E-state index is 0.0597. The van der Waals surface area contributed by atoms with Crippen LogP contribution in [0.15, 0.2) is 78.3 Å². The fourth-order valence-electron chi connectivity index (χ4n) is 3.47. The van der Waals surface area contributed by atoms with Crippen molar-refractivity contribution in [3.63, 3.8) is 0 Å². The Morgan fingerprint density at radius 1 is 1.03 bits per heavy atom. The Bertz CT molecular complexity index is 1230. The van der Waals surface area contributed by atoms with Crippen molar-refractivity contribution in [2.75, 3.05) is 11.9 Å². The zero-order valence-corrected chi connectivity index (χ0v) is 19.7. The van der Waals surface area contributed by atoms with Gasteiger partial charge in [0.15, 0.2) is 0 Å². The van der Waals surface area contributed by atoms with Gasteiger partial charge in [-0.2, -0.15) is 0 Å². The minimum atomic E-state index is -0.299. The predicted octanol–water partition coefficient (Wildman–Crippen LogP) is 5.40. The molecular formula is C26H26N4O2S. The third-order valence-corrected chi connectivity index (χ3v) is 6.13. The van der Waals surface area contributed by atoms with E-state index in [1.807, 2.05) is 97.6 Å². The summed E-state index contributed by atoms with van der Waals surface area (Å²) >= 11 is 1.37. The van der Waals surface area contributed by atoms with Crippen molar-refractivity contribution >= 4 is 29.1 Å². The van der Waals surface area contributed by atoms with E-state index in [0.717, 1.165) is 22.5 Å². The quantitative estimate of drug-likeness (QED) is 0.403. The number of imidazole rings is 1. The molecule has 4 rings (SSSR count). The number of nitrogens with one attached hydrogen (secondary N) is 1. The normalized spacial score (nSPS) is 10.9. The van der Waals surface area contributed by atoms with Gasteiger partial charge in [0.1, 0.15) is 6.54 Å². The number of benzene rings is 2. The van der Waals surface area contributed by atoms with Crippen LogP contribution in [-0.2, 0) is 4.79 Å². The van der Waals surface area contributed by atoms with Crippen LogP contribution in [0.25, 0.3) is 16.9 Å². The summed E-state index contributed by atoms with van der Waals surface area (Å²) in [5.74, 6) is -0.0378. The van der Waals surface area contributed by atoms with Crippen LogP contribution in [-0.4, -0.2) is 38.9 Å². The SMILES string of the molecule is Cc1ccc(-n2cc(-c3ccccc3)nc2NC(=O)CN(C(=O)c2cccs2)C(C)C)cc1. The van der Waals surface area contributed by atoms with Gasteiger partial charge in [-0.15, -0.1) is 11.3 Å². The van der Waals surface area contributed by atoms with Crippen molar-refractivity contribution in [2.45, 2.75) is 26.8 Å². The van der Waals surface area contributed by atoms with Crippen LogP contribution in [0.4, 0.5) is 5.95 Å². The van der Waals surface area contributed by atoms with Gasteiger partial charge in [0.2, 0.25) is 11.9 Å². The van der Waals surface area contributed by atoms with Gasteiger partial charge in [-0.3, -0.25) is 19.5 Å². The van der Waals surface area contributed by atoms with Crippen molar-refractivity contribution in [1.29, 1.82) is 0 Å². The maximum Gasteiger partial charge on any atom is 0.264 e. The van der Waals surface area contributed by atoms with Gasteiger partial charge in [0.25, 0.3) is 5.91 Å². The first-order valence-electron chi connectivity index (χ1n) is 10.8. The molecule has 6 nitrogen and oxygen atoms in total. The van der Waals surface area contributed by atoms with Gasteiger partial charge in [-0.25, -0.2) is 4.98 Å². The largest absolute Gasteiger partial charge is 0.326 e. The van der Waals surface area contributed by atoms with E-state index in [2.05, 4.69) is 5.32 Å². The van der Waals surface area contributed by atoms with Crippen molar-refractivity contribution in [2.24, 2.45) is 0 Å². The molecule has 0 aliphatic rings. The summed E-state index contributed by atoms with van der Waals surface area (Å²) in [6.45, 7) is 5.77. The molecule has 0 fully saturated rings. The number of carbonyl (C=O) groups excluding carboxylic acids is 2. The number of aryl methyl sites for hydroxylation is 1. The fourth-order valence-corrected chi connectivity index (χ4v) is 4.15. The first-order chi connectivity index (χ1) is 15.9. The van der Waals surface area contributed by atoms with Gasteiger partial charge < -0.3 is 4.90 Å². The molecule has 2 aromatic carbocycles. The third-order valence-electron chi connectivity index (χ3n) is 5.27. The van der Waals surface area contributed by atoms with Crippen molar-refractivity contribution in [3.8, 4) is 16.9 Å². The summed E-state index contributed by atoms with van der Waals surface area (Å²) in [4.78, 5) is 32.8.